The number of hydrogen-bond acceptors (Lipinski definition) is 5. The molecular formula is C12H23N3O4S. The SMILES string of the molecule is CN(C)CCNC(=O)[C@@H]1C[C@H]2CN(S(C)(=O)=O)C[C@H]1O2. The van der Waals surface area contributed by atoms with Crippen LogP contribution in [0.4, 0.5) is 0 Å². The van der Waals surface area contributed by atoms with Crippen LogP contribution in [-0.4, -0.2) is 82.3 Å². The first-order valence-corrected chi connectivity index (χ1v) is 8.65. The van der Waals surface area contributed by atoms with Gasteiger partial charge in [0.1, 0.15) is 0 Å². The molecule has 2 rings (SSSR count). The Kier molecular flexibility index (Phi) is 4.68. The standard InChI is InChI=1S/C12H23N3O4S/c1-14(2)5-4-13-12(16)10-6-9-7-15(20(3,17)18)8-11(10)19-9/h9-11H,4-8H2,1-3H3,(H,13,16)/t9-,10+,11+/m0/s1. The van der Waals surface area contributed by atoms with Crippen LogP contribution >= 0.6 is 0 Å². The first kappa shape index (κ1) is 15.7. The van der Waals surface area contributed by atoms with Crippen molar-refractivity contribution in [3.63, 3.8) is 0 Å². The zero-order chi connectivity index (χ0) is 14.9. The zero-order valence-corrected chi connectivity index (χ0v) is 13.0. The maximum atomic E-state index is 12.1. The van der Waals surface area contributed by atoms with E-state index in [1.54, 1.807) is 0 Å². The molecule has 0 aromatic heterocycles. The smallest absolute Gasteiger partial charge is 0.225 e. The minimum absolute atomic E-state index is 0.0327. The van der Waals surface area contributed by atoms with Crippen LogP contribution in [0, 0.1) is 5.92 Å². The van der Waals surface area contributed by atoms with Gasteiger partial charge in [0, 0.05) is 26.2 Å². The van der Waals surface area contributed by atoms with Gasteiger partial charge in [-0.15, -0.1) is 0 Å². The summed E-state index contributed by atoms with van der Waals surface area (Å²) in [6.07, 6.45) is 1.32. The van der Waals surface area contributed by atoms with Gasteiger partial charge in [-0.1, -0.05) is 0 Å². The predicted octanol–water partition coefficient (Wildman–Crippen LogP) is -1.29. The van der Waals surface area contributed by atoms with Gasteiger partial charge in [0.2, 0.25) is 15.9 Å². The molecule has 7 nitrogen and oxygen atoms in total. The lowest BCUT2D eigenvalue weighted by Gasteiger charge is -2.30. The Morgan fingerprint density at radius 1 is 1.40 bits per heavy atom. The van der Waals surface area contributed by atoms with E-state index in [4.69, 9.17) is 4.74 Å². The third-order valence-corrected chi connectivity index (χ3v) is 5.02. The van der Waals surface area contributed by atoms with Gasteiger partial charge in [0.05, 0.1) is 24.4 Å². The number of morpholine rings is 1. The lowest BCUT2D eigenvalue weighted by Crippen LogP contribution is -2.47. The first-order chi connectivity index (χ1) is 9.27. The molecule has 2 fully saturated rings. The summed E-state index contributed by atoms with van der Waals surface area (Å²) >= 11 is 0. The topological polar surface area (TPSA) is 79.0 Å². The van der Waals surface area contributed by atoms with Gasteiger partial charge >= 0.3 is 0 Å². The Balaban J connectivity index is 1.91. The molecule has 0 aromatic carbocycles. The maximum Gasteiger partial charge on any atom is 0.225 e. The van der Waals surface area contributed by atoms with E-state index in [1.165, 1.54) is 10.6 Å². The van der Waals surface area contributed by atoms with E-state index in [9.17, 15) is 13.2 Å². The molecule has 0 radical (unpaired) electrons. The van der Waals surface area contributed by atoms with Crippen LogP contribution < -0.4 is 5.32 Å². The average Bonchev–Trinajstić information content (AvgIpc) is 2.62. The van der Waals surface area contributed by atoms with Crippen molar-refractivity contribution in [2.45, 2.75) is 18.6 Å². The third kappa shape index (κ3) is 3.69. The van der Waals surface area contributed by atoms with Gasteiger partial charge in [-0.25, -0.2) is 8.42 Å². The Morgan fingerprint density at radius 3 is 2.70 bits per heavy atom. The van der Waals surface area contributed by atoms with Crippen molar-refractivity contribution in [1.29, 1.82) is 0 Å². The van der Waals surface area contributed by atoms with Crippen molar-refractivity contribution in [2.24, 2.45) is 5.92 Å². The minimum Gasteiger partial charge on any atom is -0.371 e. The molecule has 2 heterocycles. The van der Waals surface area contributed by atoms with Gasteiger partial charge in [-0.3, -0.25) is 4.79 Å². The molecule has 2 aliphatic heterocycles. The predicted molar refractivity (Wildman–Crippen MR) is 74.7 cm³/mol. The number of sulfonamides is 1. The Bertz CT molecular complexity index is 465. The summed E-state index contributed by atoms with van der Waals surface area (Å²) in [4.78, 5) is 14.1. The molecule has 2 aliphatic rings. The number of ether oxygens (including phenoxy) is 1. The lowest BCUT2D eigenvalue weighted by molar-refractivity contribution is -0.127. The van der Waals surface area contributed by atoms with Crippen molar-refractivity contribution in [3.05, 3.63) is 0 Å². The summed E-state index contributed by atoms with van der Waals surface area (Å²) in [5.74, 6) is -0.274. The van der Waals surface area contributed by atoms with Crippen molar-refractivity contribution < 1.29 is 17.9 Å². The molecule has 8 heteroatoms. The van der Waals surface area contributed by atoms with E-state index >= 15 is 0 Å². The normalized spacial score (nSPS) is 30.7. The summed E-state index contributed by atoms with van der Waals surface area (Å²) in [6, 6.07) is 0. The Hall–Kier alpha value is -0.700. The minimum atomic E-state index is -3.21. The molecule has 3 atom stereocenters. The molecule has 116 valence electrons. The molecule has 20 heavy (non-hydrogen) atoms. The van der Waals surface area contributed by atoms with Crippen molar-refractivity contribution in [2.75, 3.05) is 46.5 Å². The maximum absolute atomic E-state index is 12.1. The average molecular weight is 305 g/mol. The molecule has 0 saturated carbocycles. The highest BCUT2D eigenvalue weighted by atomic mass is 32.2. The number of rotatable bonds is 5. The molecular weight excluding hydrogens is 282 g/mol. The van der Waals surface area contributed by atoms with Crippen molar-refractivity contribution >= 4 is 15.9 Å². The number of nitrogens with one attached hydrogen (secondary N) is 1. The molecule has 0 unspecified atom stereocenters. The lowest BCUT2D eigenvalue weighted by atomic mass is 9.99. The second kappa shape index (κ2) is 5.97. The fourth-order valence-corrected chi connectivity index (χ4v) is 3.56. The van der Waals surface area contributed by atoms with Gasteiger partial charge in [0.15, 0.2) is 0 Å². The number of carbonyl (C=O) groups excluding carboxylic acids is 1. The molecule has 2 bridgehead atoms. The fourth-order valence-electron chi connectivity index (χ4n) is 2.70. The van der Waals surface area contributed by atoms with E-state index in [2.05, 4.69) is 5.32 Å². The Morgan fingerprint density at radius 2 is 2.10 bits per heavy atom. The zero-order valence-electron chi connectivity index (χ0n) is 12.2. The molecule has 2 saturated heterocycles. The molecule has 1 amide bonds. The van der Waals surface area contributed by atoms with E-state index in [0.717, 1.165) is 6.54 Å². The van der Waals surface area contributed by atoms with Crippen LogP contribution in [0.5, 0.6) is 0 Å². The van der Waals surface area contributed by atoms with Crippen LogP contribution in [0.3, 0.4) is 0 Å². The molecule has 1 N–H and O–H groups in total. The Labute approximate surface area is 120 Å². The number of amides is 1. The number of carbonyl (C=O) groups is 1. The van der Waals surface area contributed by atoms with Crippen LogP contribution in [-0.2, 0) is 19.6 Å². The van der Waals surface area contributed by atoms with Crippen LogP contribution in [0.2, 0.25) is 0 Å². The fraction of sp³-hybridized carbons (Fsp3) is 0.917. The third-order valence-electron chi connectivity index (χ3n) is 3.79. The van der Waals surface area contributed by atoms with E-state index in [1.807, 2.05) is 19.0 Å². The number of hydrogen-bond donors (Lipinski definition) is 1. The van der Waals surface area contributed by atoms with Crippen LogP contribution in [0.1, 0.15) is 6.42 Å². The molecule has 0 aromatic rings. The summed E-state index contributed by atoms with van der Waals surface area (Å²) in [6.45, 7) is 2.01. The van der Waals surface area contributed by atoms with E-state index in [0.29, 0.717) is 19.5 Å². The van der Waals surface area contributed by atoms with E-state index < -0.39 is 10.0 Å². The summed E-state index contributed by atoms with van der Waals surface area (Å²) < 4.78 is 30.3. The highest BCUT2D eigenvalue weighted by molar-refractivity contribution is 7.88. The number of likely N-dealkylation sites (N-methyl/N-ethyl adjacent to an activating group) is 1. The van der Waals surface area contributed by atoms with E-state index in [-0.39, 0.29) is 30.6 Å². The van der Waals surface area contributed by atoms with Gasteiger partial charge in [0.25, 0.3) is 0 Å². The quantitative estimate of drug-likeness (QED) is 0.684. The second-order valence-electron chi connectivity index (χ2n) is 5.81. The molecule has 0 spiro atoms. The monoisotopic (exact) mass is 305 g/mol. The van der Waals surface area contributed by atoms with Crippen molar-refractivity contribution in [1.82, 2.24) is 14.5 Å². The number of fused-ring (bicyclic) bond motifs is 2. The largest absolute Gasteiger partial charge is 0.371 e. The van der Waals surface area contributed by atoms with Gasteiger partial charge in [-0.05, 0) is 20.5 Å². The highest BCUT2D eigenvalue weighted by Gasteiger charge is 2.46. The first-order valence-electron chi connectivity index (χ1n) is 6.80. The van der Waals surface area contributed by atoms with Gasteiger partial charge in [-0.2, -0.15) is 4.31 Å². The highest BCUT2D eigenvalue weighted by Crippen LogP contribution is 2.32. The summed E-state index contributed by atoms with van der Waals surface area (Å²) in [5.41, 5.74) is 0. The second-order valence-corrected chi connectivity index (χ2v) is 7.80. The van der Waals surface area contributed by atoms with Crippen LogP contribution in [0.25, 0.3) is 0 Å². The number of nitrogens with zero attached hydrogens (tertiary/aromatic N) is 2. The van der Waals surface area contributed by atoms with Crippen molar-refractivity contribution in [3.8, 4) is 0 Å². The van der Waals surface area contributed by atoms with Crippen LogP contribution in [0.15, 0.2) is 0 Å². The van der Waals surface area contributed by atoms with Gasteiger partial charge < -0.3 is 15.0 Å². The molecule has 0 aliphatic carbocycles. The summed E-state index contributed by atoms with van der Waals surface area (Å²) in [5, 5.41) is 2.89. The summed E-state index contributed by atoms with van der Waals surface area (Å²) in [7, 11) is 0.678.